The molecule has 0 fully saturated rings. The van der Waals surface area contributed by atoms with Crippen LogP contribution < -0.4 is 10.5 Å². The van der Waals surface area contributed by atoms with E-state index in [0.29, 0.717) is 5.69 Å². The van der Waals surface area contributed by atoms with E-state index in [9.17, 15) is 0 Å². The van der Waals surface area contributed by atoms with Crippen LogP contribution in [0.3, 0.4) is 0 Å². The van der Waals surface area contributed by atoms with Gasteiger partial charge in [-0.2, -0.15) is 0 Å². The molecule has 1 aromatic carbocycles. The molecule has 0 aliphatic carbocycles. The second-order valence-corrected chi connectivity index (χ2v) is 5.90. The van der Waals surface area contributed by atoms with Crippen LogP contribution in [-0.2, 0) is 0 Å². The summed E-state index contributed by atoms with van der Waals surface area (Å²) in [5.74, 6) is 0.871. The molecule has 0 saturated heterocycles. The van der Waals surface area contributed by atoms with E-state index in [1.54, 1.807) is 0 Å². The number of pyridine rings is 1. The minimum absolute atomic E-state index is 0.172. The number of ether oxygens (including phenoxy) is 1. The maximum absolute atomic E-state index is 6.09. The number of rotatable bonds is 3. The number of benzene rings is 1. The van der Waals surface area contributed by atoms with Gasteiger partial charge < -0.3 is 14.9 Å². The first-order valence-electron chi connectivity index (χ1n) is 7.47. The third-order valence-corrected chi connectivity index (χ3v) is 3.62. The fourth-order valence-electron chi connectivity index (χ4n) is 2.66. The molecule has 0 unspecified atom stereocenters. The summed E-state index contributed by atoms with van der Waals surface area (Å²) in [6, 6.07) is 9.98. The van der Waals surface area contributed by atoms with Crippen molar-refractivity contribution in [1.29, 1.82) is 0 Å². The number of anilines is 1. The van der Waals surface area contributed by atoms with Crippen LogP contribution in [0.5, 0.6) is 5.75 Å². The second kappa shape index (κ2) is 5.37. The zero-order valence-electron chi connectivity index (χ0n) is 13.4. The van der Waals surface area contributed by atoms with Gasteiger partial charge in [0, 0.05) is 17.5 Å². The normalized spacial score (nSPS) is 11.3. The van der Waals surface area contributed by atoms with Gasteiger partial charge in [0.1, 0.15) is 5.75 Å². The molecule has 3 aromatic rings. The number of hydrogen-bond donors (Lipinski definition) is 1. The van der Waals surface area contributed by atoms with Crippen LogP contribution in [0.25, 0.3) is 16.9 Å². The molecule has 2 aromatic heterocycles. The second-order valence-electron chi connectivity index (χ2n) is 5.90. The van der Waals surface area contributed by atoms with E-state index in [0.717, 1.165) is 33.9 Å². The predicted octanol–water partition coefficient (Wildman–Crippen LogP) is 3.99. The van der Waals surface area contributed by atoms with Crippen molar-refractivity contribution in [3.8, 4) is 17.0 Å². The smallest absolute Gasteiger partial charge is 0.160 e. The van der Waals surface area contributed by atoms with Gasteiger partial charge in [-0.25, -0.2) is 4.98 Å². The molecule has 114 valence electrons. The highest BCUT2D eigenvalue weighted by atomic mass is 16.5. The highest BCUT2D eigenvalue weighted by Gasteiger charge is 2.13. The minimum Gasteiger partial charge on any atom is -0.491 e. The van der Waals surface area contributed by atoms with E-state index in [2.05, 4.69) is 17.5 Å². The number of nitrogen functional groups attached to an aromatic ring is 1. The Labute approximate surface area is 130 Å². The quantitative estimate of drug-likeness (QED) is 0.795. The summed E-state index contributed by atoms with van der Waals surface area (Å²) in [4.78, 5) is 4.71. The fraction of sp³-hybridized carbons (Fsp3) is 0.278. The van der Waals surface area contributed by atoms with E-state index >= 15 is 0 Å². The monoisotopic (exact) mass is 295 g/mol. The van der Waals surface area contributed by atoms with Gasteiger partial charge in [0.05, 0.1) is 17.5 Å². The maximum Gasteiger partial charge on any atom is 0.160 e. The van der Waals surface area contributed by atoms with Crippen molar-refractivity contribution in [3.63, 3.8) is 0 Å². The van der Waals surface area contributed by atoms with Crippen LogP contribution in [0.2, 0.25) is 0 Å². The number of fused-ring (bicyclic) bond motifs is 1. The molecule has 0 bridgehead atoms. The Balaban J connectivity index is 2.06. The van der Waals surface area contributed by atoms with Gasteiger partial charge in [0.15, 0.2) is 5.65 Å². The van der Waals surface area contributed by atoms with E-state index in [4.69, 9.17) is 15.5 Å². The summed E-state index contributed by atoms with van der Waals surface area (Å²) in [5.41, 5.74) is 11.8. The SMILES string of the molecule is Cc1cc(N)c2nc(-c3ccc(OC(C)C)cc3)c(C)n2c1. The Morgan fingerprint density at radius 1 is 1.14 bits per heavy atom. The molecule has 22 heavy (non-hydrogen) atoms. The third-order valence-electron chi connectivity index (χ3n) is 3.62. The molecule has 0 spiro atoms. The summed E-state index contributed by atoms with van der Waals surface area (Å²) < 4.78 is 7.74. The molecule has 0 aliphatic heterocycles. The molecular formula is C18H21N3O. The van der Waals surface area contributed by atoms with Crippen molar-refractivity contribution in [1.82, 2.24) is 9.38 Å². The summed E-state index contributed by atoms with van der Waals surface area (Å²) >= 11 is 0. The van der Waals surface area contributed by atoms with Gasteiger partial charge in [-0.05, 0) is 63.6 Å². The van der Waals surface area contributed by atoms with Gasteiger partial charge in [-0.3, -0.25) is 0 Å². The zero-order valence-corrected chi connectivity index (χ0v) is 13.4. The molecule has 2 heterocycles. The maximum atomic E-state index is 6.09. The molecule has 4 nitrogen and oxygen atoms in total. The van der Waals surface area contributed by atoms with E-state index in [-0.39, 0.29) is 6.10 Å². The predicted molar refractivity (Wildman–Crippen MR) is 90.3 cm³/mol. The van der Waals surface area contributed by atoms with Crippen LogP contribution in [0, 0.1) is 13.8 Å². The van der Waals surface area contributed by atoms with Gasteiger partial charge in [-0.1, -0.05) is 0 Å². The standard InChI is InChI=1S/C18H21N3O/c1-11(2)22-15-7-5-14(6-8-15)17-13(4)21-10-12(3)9-16(19)18(21)20-17/h5-11H,19H2,1-4H3. The first-order valence-corrected chi connectivity index (χ1v) is 7.47. The highest BCUT2D eigenvalue weighted by Crippen LogP contribution is 2.28. The van der Waals surface area contributed by atoms with Crippen LogP contribution in [-0.4, -0.2) is 15.5 Å². The number of imidazole rings is 1. The Kier molecular flexibility index (Phi) is 3.53. The lowest BCUT2D eigenvalue weighted by Crippen LogP contribution is -2.05. The fourth-order valence-corrected chi connectivity index (χ4v) is 2.66. The largest absolute Gasteiger partial charge is 0.491 e. The first-order chi connectivity index (χ1) is 10.5. The van der Waals surface area contributed by atoms with Crippen LogP contribution >= 0.6 is 0 Å². The van der Waals surface area contributed by atoms with Crippen molar-refractivity contribution in [2.24, 2.45) is 0 Å². The van der Waals surface area contributed by atoms with Crippen molar-refractivity contribution >= 4 is 11.3 Å². The average molecular weight is 295 g/mol. The molecule has 4 heteroatoms. The zero-order chi connectivity index (χ0) is 15.9. The van der Waals surface area contributed by atoms with Crippen molar-refractivity contribution in [2.75, 3.05) is 5.73 Å². The first kappa shape index (κ1) is 14.4. The van der Waals surface area contributed by atoms with Crippen molar-refractivity contribution < 1.29 is 4.74 Å². The van der Waals surface area contributed by atoms with Crippen LogP contribution in [0.4, 0.5) is 5.69 Å². The lowest BCUT2D eigenvalue weighted by atomic mass is 10.1. The van der Waals surface area contributed by atoms with Gasteiger partial charge in [0.25, 0.3) is 0 Å². The minimum atomic E-state index is 0.172. The van der Waals surface area contributed by atoms with E-state index < -0.39 is 0 Å². The highest BCUT2D eigenvalue weighted by molar-refractivity contribution is 5.74. The van der Waals surface area contributed by atoms with Crippen molar-refractivity contribution in [2.45, 2.75) is 33.8 Å². The molecule has 0 amide bonds. The topological polar surface area (TPSA) is 52.5 Å². The van der Waals surface area contributed by atoms with Crippen LogP contribution in [0.1, 0.15) is 25.1 Å². The summed E-state index contributed by atoms with van der Waals surface area (Å²) in [7, 11) is 0. The molecule has 3 rings (SSSR count). The van der Waals surface area contributed by atoms with Gasteiger partial charge in [0.2, 0.25) is 0 Å². The average Bonchev–Trinajstić information content (AvgIpc) is 2.77. The lowest BCUT2D eigenvalue weighted by Gasteiger charge is -2.09. The Hall–Kier alpha value is -2.49. The lowest BCUT2D eigenvalue weighted by molar-refractivity contribution is 0.242. The van der Waals surface area contributed by atoms with E-state index in [1.165, 1.54) is 0 Å². The Bertz CT molecular complexity index is 816. The molecule has 2 N–H and O–H groups in total. The molecular weight excluding hydrogens is 274 g/mol. The number of nitrogens with two attached hydrogens (primary N) is 1. The third kappa shape index (κ3) is 2.52. The number of nitrogens with zero attached hydrogens (tertiary/aromatic N) is 2. The molecule has 0 radical (unpaired) electrons. The molecule has 0 saturated carbocycles. The van der Waals surface area contributed by atoms with E-state index in [1.807, 2.05) is 51.1 Å². The molecule has 0 atom stereocenters. The number of aryl methyl sites for hydroxylation is 2. The summed E-state index contributed by atoms with van der Waals surface area (Å²) in [6.45, 7) is 8.14. The summed E-state index contributed by atoms with van der Waals surface area (Å²) in [6.07, 6.45) is 2.24. The molecule has 0 aliphatic rings. The Morgan fingerprint density at radius 3 is 2.45 bits per heavy atom. The Morgan fingerprint density at radius 2 is 1.82 bits per heavy atom. The number of hydrogen-bond acceptors (Lipinski definition) is 3. The van der Waals surface area contributed by atoms with Gasteiger partial charge in [-0.15, -0.1) is 0 Å². The van der Waals surface area contributed by atoms with Gasteiger partial charge >= 0.3 is 0 Å². The van der Waals surface area contributed by atoms with Crippen LogP contribution in [0.15, 0.2) is 36.5 Å². The number of aromatic nitrogens is 2. The van der Waals surface area contributed by atoms with Crippen molar-refractivity contribution in [3.05, 3.63) is 47.8 Å². The summed E-state index contributed by atoms with van der Waals surface area (Å²) in [5, 5.41) is 0.